The van der Waals surface area contributed by atoms with Gasteiger partial charge >= 0.3 is 5.97 Å². The van der Waals surface area contributed by atoms with E-state index in [4.69, 9.17) is 10.5 Å². The van der Waals surface area contributed by atoms with E-state index in [-0.39, 0.29) is 12.0 Å². The molecule has 1 aliphatic carbocycles. The second-order valence-electron chi connectivity index (χ2n) is 6.29. The molecule has 2 N–H and O–H groups in total. The van der Waals surface area contributed by atoms with Crippen molar-refractivity contribution >= 4 is 5.97 Å². The Kier molecular flexibility index (Phi) is 5.44. The maximum atomic E-state index is 11.6. The fourth-order valence-electron chi connectivity index (χ4n) is 2.53. The van der Waals surface area contributed by atoms with Gasteiger partial charge in [0.25, 0.3) is 0 Å². The van der Waals surface area contributed by atoms with Gasteiger partial charge in [-0.15, -0.1) is 0 Å². The molecule has 0 radical (unpaired) electrons. The quantitative estimate of drug-likeness (QED) is 0.770. The normalized spacial score (nSPS) is 20.0. The van der Waals surface area contributed by atoms with Gasteiger partial charge in [0.05, 0.1) is 6.42 Å². The summed E-state index contributed by atoms with van der Waals surface area (Å²) in [4.78, 5) is 11.6. The van der Waals surface area contributed by atoms with Crippen molar-refractivity contribution in [1.29, 1.82) is 0 Å². The van der Waals surface area contributed by atoms with Gasteiger partial charge in [0.2, 0.25) is 0 Å². The van der Waals surface area contributed by atoms with Gasteiger partial charge in [-0.05, 0) is 33.1 Å². The number of nitrogens with two attached hydrogens (primary N) is 1. The topological polar surface area (TPSA) is 52.3 Å². The summed E-state index contributed by atoms with van der Waals surface area (Å²) in [6.45, 7) is 5.66. The number of esters is 1. The zero-order valence-electron chi connectivity index (χ0n) is 11.5. The molecule has 1 fully saturated rings. The van der Waals surface area contributed by atoms with Gasteiger partial charge in [-0.1, -0.05) is 32.1 Å². The number of carbonyl (C=O) groups is 1. The number of hydrogen-bond donors (Lipinski definition) is 1. The van der Waals surface area contributed by atoms with E-state index < -0.39 is 5.60 Å². The molecule has 0 aliphatic heterocycles. The molecule has 0 aromatic heterocycles. The summed E-state index contributed by atoms with van der Waals surface area (Å²) in [5.41, 5.74) is 5.62. The van der Waals surface area contributed by atoms with Gasteiger partial charge in [0, 0.05) is 6.04 Å². The lowest BCUT2D eigenvalue weighted by Crippen LogP contribution is -2.31. The minimum Gasteiger partial charge on any atom is -0.460 e. The summed E-state index contributed by atoms with van der Waals surface area (Å²) >= 11 is 0. The summed E-state index contributed by atoms with van der Waals surface area (Å²) < 4.78 is 5.28. The highest BCUT2D eigenvalue weighted by Gasteiger charge is 2.21. The highest BCUT2D eigenvalue weighted by molar-refractivity contribution is 5.70. The van der Waals surface area contributed by atoms with Crippen LogP contribution in [0.1, 0.15) is 65.7 Å². The van der Waals surface area contributed by atoms with Crippen LogP contribution in [0.15, 0.2) is 0 Å². The lowest BCUT2D eigenvalue weighted by molar-refractivity contribution is -0.155. The molecule has 100 valence electrons. The zero-order chi connectivity index (χ0) is 12.9. The smallest absolute Gasteiger partial charge is 0.307 e. The van der Waals surface area contributed by atoms with Crippen LogP contribution in [0.5, 0.6) is 0 Å². The van der Waals surface area contributed by atoms with E-state index in [2.05, 4.69) is 0 Å². The van der Waals surface area contributed by atoms with Gasteiger partial charge < -0.3 is 10.5 Å². The fraction of sp³-hybridized carbons (Fsp3) is 0.929. The molecule has 3 heteroatoms. The Morgan fingerprint density at radius 1 is 1.29 bits per heavy atom. The van der Waals surface area contributed by atoms with E-state index in [1.165, 1.54) is 32.1 Å². The first kappa shape index (κ1) is 14.5. The number of hydrogen-bond acceptors (Lipinski definition) is 3. The minimum atomic E-state index is -0.401. The van der Waals surface area contributed by atoms with Crippen molar-refractivity contribution in [3.63, 3.8) is 0 Å². The summed E-state index contributed by atoms with van der Waals surface area (Å²) in [5.74, 6) is 0.557. The lowest BCUT2D eigenvalue weighted by Gasteiger charge is -2.25. The van der Waals surface area contributed by atoms with Crippen LogP contribution in [0, 0.1) is 5.92 Å². The molecular weight excluding hydrogens is 214 g/mol. The van der Waals surface area contributed by atoms with Crippen molar-refractivity contribution in [2.24, 2.45) is 11.7 Å². The Balaban J connectivity index is 2.23. The fourth-order valence-corrected chi connectivity index (χ4v) is 2.53. The minimum absolute atomic E-state index is 0.0343. The van der Waals surface area contributed by atoms with Crippen LogP contribution in [0.4, 0.5) is 0 Å². The maximum absolute atomic E-state index is 11.6. The molecule has 0 aromatic rings. The van der Waals surface area contributed by atoms with E-state index in [9.17, 15) is 4.79 Å². The van der Waals surface area contributed by atoms with Crippen molar-refractivity contribution in [3.05, 3.63) is 0 Å². The third-order valence-electron chi connectivity index (χ3n) is 3.21. The maximum Gasteiger partial charge on any atom is 0.307 e. The van der Waals surface area contributed by atoms with Crippen molar-refractivity contribution in [1.82, 2.24) is 0 Å². The largest absolute Gasteiger partial charge is 0.460 e. The molecule has 1 saturated carbocycles. The standard InChI is InChI=1S/C14H27NO2/c1-14(2,3)17-13(16)10-12(15)9-11-7-5-4-6-8-11/h11-12H,4-10,15H2,1-3H3/t12-/m1/s1. The molecule has 0 unspecified atom stereocenters. The third-order valence-corrected chi connectivity index (χ3v) is 3.21. The first-order chi connectivity index (χ1) is 7.87. The van der Waals surface area contributed by atoms with E-state index in [0.717, 1.165) is 12.3 Å². The van der Waals surface area contributed by atoms with E-state index in [1.54, 1.807) is 0 Å². The second-order valence-corrected chi connectivity index (χ2v) is 6.29. The molecule has 17 heavy (non-hydrogen) atoms. The molecule has 1 atom stereocenters. The van der Waals surface area contributed by atoms with E-state index in [0.29, 0.717) is 6.42 Å². The van der Waals surface area contributed by atoms with Crippen LogP contribution in [-0.2, 0) is 9.53 Å². The number of carbonyl (C=O) groups excluding carboxylic acids is 1. The molecule has 1 aliphatic rings. The molecule has 0 saturated heterocycles. The van der Waals surface area contributed by atoms with Crippen molar-refractivity contribution in [2.75, 3.05) is 0 Å². The van der Waals surface area contributed by atoms with E-state index >= 15 is 0 Å². The van der Waals surface area contributed by atoms with Gasteiger partial charge in [-0.25, -0.2) is 0 Å². The zero-order valence-corrected chi connectivity index (χ0v) is 11.5. The predicted octanol–water partition coefficient (Wildman–Crippen LogP) is 3.02. The van der Waals surface area contributed by atoms with Crippen LogP contribution in [0.2, 0.25) is 0 Å². The highest BCUT2D eigenvalue weighted by Crippen LogP contribution is 2.27. The SMILES string of the molecule is CC(C)(C)OC(=O)C[C@H](N)CC1CCCCC1. The Bertz CT molecular complexity index is 239. The van der Waals surface area contributed by atoms with E-state index in [1.807, 2.05) is 20.8 Å². The molecule has 1 rings (SSSR count). The molecular formula is C14H27NO2. The summed E-state index contributed by atoms with van der Waals surface area (Å²) in [6.07, 6.45) is 7.89. The van der Waals surface area contributed by atoms with Gasteiger partial charge in [-0.3, -0.25) is 4.79 Å². The third kappa shape index (κ3) is 6.67. The molecule has 3 nitrogen and oxygen atoms in total. The first-order valence-corrected chi connectivity index (χ1v) is 6.84. The highest BCUT2D eigenvalue weighted by atomic mass is 16.6. The summed E-state index contributed by atoms with van der Waals surface area (Å²) in [5, 5.41) is 0. The number of rotatable bonds is 4. The Hall–Kier alpha value is -0.570. The second kappa shape index (κ2) is 6.39. The monoisotopic (exact) mass is 241 g/mol. The van der Waals surface area contributed by atoms with Gasteiger partial charge in [-0.2, -0.15) is 0 Å². The number of ether oxygens (including phenoxy) is 1. The molecule has 0 heterocycles. The molecule has 0 amide bonds. The summed E-state index contributed by atoms with van der Waals surface area (Å²) in [7, 11) is 0. The van der Waals surface area contributed by atoms with Crippen LogP contribution in [0.3, 0.4) is 0 Å². The molecule has 0 spiro atoms. The van der Waals surface area contributed by atoms with Crippen molar-refractivity contribution in [3.8, 4) is 0 Å². The molecule has 0 bridgehead atoms. The Morgan fingerprint density at radius 2 is 1.88 bits per heavy atom. The average molecular weight is 241 g/mol. The predicted molar refractivity (Wildman–Crippen MR) is 69.6 cm³/mol. The molecule has 0 aromatic carbocycles. The lowest BCUT2D eigenvalue weighted by atomic mass is 9.84. The average Bonchev–Trinajstić information content (AvgIpc) is 2.15. The first-order valence-electron chi connectivity index (χ1n) is 6.84. The van der Waals surface area contributed by atoms with Crippen molar-refractivity contribution in [2.45, 2.75) is 77.4 Å². The summed E-state index contributed by atoms with van der Waals surface area (Å²) in [6, 6.07) is -0.0343. The van der Waals surface area contributed by atoms with Gasteiger partial charge in [0.1, 0.15) is 5.60 Å². The van der Waals surface area contributed by atoms with Crippen LogP contribution in [-0.4, -0.2) is 17.6 Å². The van der Waals surface area contributed by atoms with Crippen molar-refractivity contribution < 1.29 is 9.53 Å². The Morgan fingerprint density at radius 3 is 2.41 bits per heavy atom. The van der Waals surface area contributed by atoms with Crippen LogP contribution in [0.25, 0.3) is 0 Å². The van der Waals surface area contributed by atoms with Crippen LogP contribution >= 0.6 is 0 Å². The Labute approximate surface area is 105 Å². The van der Waals surface area contributed by atoms with Gasteiger partial charge in [0.15, 0.2) is 0 Å². The van der Waals surface area contributed by atoms with Crippen LogP contribution < -0.4 is 5.73 Å².